The Balaban J connectivity index is 2.79. The molecule has 0 aromatic heterocycles. The van der Waals surface area contributed by atoms with Gasteiger partial charge >= 0.3 is 97.0 Å². The second-order valence-corrected chi connectivity index (χ2v) is 19.8. The Morgan fingerprint density at radius 3 is 2.00 bits per heavy atom. The summed E-state index contributed by atoms with van der Waals surface area (Å²) >= 11 is 3.04. The average Bonchev–Trinajstić information content (AvgIpc) is 1.83. The zero-order valence-corrected chi connectivity index (χ0v) is 11.1. The van der Waals surface area contributed by atoms with Crippen LogP contribution < -0.4 is 4.52 Å². The van der Waals surface area contributed by atoms with Gasteiger partial charge in [-0.15, -0.1) is 0 Å². The number of halogens is 2. The summed E-state index contributed by atoms with van der Waals surface area (Å²) in [5.41, 5.74) is 0. The predicted octanol–water partition coefficient (Wildman–Crippen LogP) is 3.05. The molecule has 0 aliphatic rings. The van der Waals surface area contributed by atoms with Crippen molar-refractivity contribution in [3.8, 4) is 5.75 Å². The van der Waals surface area contributed by atoms with Crippen LogP contribution in [0.1, 0.15) is 0 Å². The van der Waals surface area contributed by atoms with Crippen LogP contribution >= 0.6 is 46.7 Å². The first kappa shape index (κ1) is 10.9. The molecule has 2 N–H and O–H groups in total. The number of para-hydroxylation sites is 1. The molecule has 6 heteroatoms. The predicted molar refractivity (Wildman–Crippen MR) is 66.5 cm³/mol. The van der Waals surface area contributed by atoms with Crippen molar-refractivity contribution >= 4 is 46.7 Å². The van der Waals surface area contributed by atoms with Crippen molar-refractivity contribution in [2.75, 3.05) is 0 Å². The van der Waals surface area contributed by atoms with Gasteiger partial charge in [-0.3, -0.25) is 0 Å². The number of hydrogen-bond donors (Lipinski definition) is 2. The molecule has 12 heavy (non-hydrogen) atoms. The van der Waals surface area contributed by atoms with Gasteiger partial charge in [0.15, 0.2) is 0 Å². The summed E-state index contributed by atoms with van der Waals surface area (Å²) in [5.74, 6) is 0.462. The molecule has 0 bridgehead atoms. The Hall–Kier alpha value is 0.830. The first-order valence-electron chi connectivity index (χ1n) is 3.04. The molecule has 0 saturated carbocycles. The van der Waals surface area contributed by atoms with E-state index in [-0.39, 0.29) is 0 Å². The van der Waals surface area contributed by atoms with Crippen molar-refractivity contribution in [1.29, 1.82) is 0 Å². The van der Waals surface area contributed by atoms with E-state index in [0.29, 0.717) is 5.75 Å². The molecule has 0 fully saturated rings. The van der Waals surface area contributed by atoms with E-state index in [2.05, 4.69) is 0 Å². The summed E-state index contributed by atoms with van der Waals surface area (Å²) < 4.78 is 1.09. The monoisotopic (exact) mass is 412 g/mol. The Morgan fingerprint density at radius 2 is 1.58 bits per heavy atom. The van der Waals surface area contributed by atoms with Crippen molar-refractivity contribution in [1.82, 2.24) is 0 Å². The van der Waals surface area contributed by atoms with Crippen LogP contribution in [0.15, 0.2) is 30.3 Å². The molecule has 68 valence electrons. The van der Waals surface area contributed by atoms with E-state index in [1.807, 2.05) is 6.07 Å². The SMILES string of the molecule is OP(O)(I)(I)Oc1ccccc1. The molecule has 0 aliphatic heterocycles. The Labute approximate surface area is 96.3 Å². The number of benzene rings is 1. The zero-order chi connectivity index (χ0) is 9.27. The van der Waals surface area contributed by atoms with E-state index in [1.165, 1.54) is 44.1 Å². The van der Waals surface area contributed by atoms with Crippen LogP contribution in [0.25, 0.3) is 0 Å². The molecule has 0 unspecified atom stereocenters. The van der Waals surface area contributed by atoms with E-state index in [0.717, 1.165) is 0 Å². The molecule has 0 radical (unpaired) electrons. The molecular weight excluding hydrogens is 405 g/mol. The molecule has 1 aromatic rings. The molecule has 1 aromatic carbocycles. The Morgan fingerprint density at radius 1 is 1.08 bits per heavy atom. The van der Waals surface area contributed by atoms with E-state index in [4.69, 9.17) is 4.52 Å². The maximum atomic E-state index is 9.37. The Bertz CT molecular complexity index is 260. The maximum absolute atomic E-state index is 9.37. The van der Waals surface area contributed by atoms with Gasteiger partial charge in [0, 0.05) is 0 Å². The molecule has 0 spiro atoms. The fourth-order valence-corrected chi connectivity index (χ4v) is 2.49. The van der Waals surface area contributed by atoms with Crippen molar-refractivity contribution in [2.45, 2.75) is 0 Å². The molecule has 1 rings (SSSR count). The first-order chi connectivity index (χ1) is 5.33. The summed E-state index contributed by atoms with van der Waals surface area (Å²) in [6.07, 6.45) is 0. The second-order valence-electron chi connectivity index (χ2n) is 2.16. The molecule has 3 nitrogen and oxygen atoms in total. The standard InChI is InChI=1S/C6H7I2O3P/c7-12(8,9,10)11-6-4-2-1-3-5-6/h1-5,9-10H. The summed E-state index contributed by atoms with van der Waals surface area (Å²) in [6.45, 7) is 0. The summed E-state index contributed by atoms with van der Waals surface area (Å²) in [6, 6.07) is 8.71. The normalized spacial score (nSPS) is 14.8. The third-order valence-electron chi connectivity index (χ3n) is 0.999. The molecule has 0 amide bonds. The molecule has 0 saturated heterocycles. The van der Waals surface area contributed by atoms with Gasteiger partial charge in [0.2, 0.25) is 0 Å². The van der Waals surface area contributed by atoms with E-state index >= 15 is 0 Å². The second kappa shape index (κ2) is 3.53. The fourth-order valence-electron chi connectivity index (χ4n) is 0.655. The quantitative estimate of drug-likeness (QED) is 0.581. The van der Waals surface area contributed by atoms with Crippen molar-refractivity contribution in [3.63, 3.8) is 0 Å². The van der Waals surface area contributed by atoms with Crippen molar-refractivity contribution in [2.24, 2.45) is 0 Å². The van der Waals surface area contributed by atoms with Crippen LogP contribution in [-0.4, -0.2) is 9.79 Å². The van der Waals surface area contributed by atoms with Crippen molar-refractivity contribution in [3.05, 3.63) is 30.3 Å². The van der Waals surface area contributed by atoms with Crippen LogP contribution in [0.5, 0.6) is 5.75 Å². The average molecular weight is 412 g/mol. The third-order valence-corrected chi connectivity index (χ3v) is 2.69. The van der Waals surface area contributed by atoms with E-state index in [1.54, 1.807) is 24.3 Å². The Kier molecular flexibility index (Phi) is 3.21. The third kappa shape index (κ3) is 4.76. The van der Waals surface area contributed by atoms with Gasteiger partial charge in [0.1, 0.15) is 0 Å². The zero-order valence-electron chi connectivity index (χ0n) is 5.89. The topological polar surface area (TPSA) is 49.7 Å². The van der Waals surface area contributed by atoms with Gasteiger partial charge < -0.3 is 0 Å². The van der Waals surface area contributed by atoms with Crippen LogP contribution in [0.2, 0.25) is 0 Å². The van der Waals surface area contributed by atoms with Crippen molar-refractivity contribution < 1.29 is 14.3 Å². The fraction of sp³-hybridized carbons (Fsp3) is 0. The molecular formula is C6H7I2O3P. The van der Waals surface area contributed by atoms with Crippen LogP contribution in [0.4, 0.5) is 0 Å². The first-order valence-corrected chi connectivity index (χ1v) is 10.7. The molecule has 0 atom stereocenters. The van der Waals surface area contributed by atoms with Gasteiger partial charge in [-0.25, -0.2) is 0 Å². The minimum absolute atomic E-state index is 0.462. The van der Waals surface area contributed by atoms with E-state index in [9.17, 15) is 9.79 Å². The van der Waals surface area contributed by atoms with Crippen LogP contribution in [-0.2, 0) is 0 Å². The minimum atomic E-state index is -3.91. The van der Waals surface area contributed by atoms with Gasteiger partial charge in [-0.05, 0) is 0 Å². The van der Waals surface area contributed by atoms with Gasteiger partial charge in [-0.1, -0.05) is 0 Å². The van der Waals surface area contributed by atoms with Gasteiger partial charge in [0.05, 0.1) is 0 Å². The van der Waals surface area contributed by atoms with Gasteiger partial charge in [-0.2, -0.15) is 0 Å². The molecule has 0 heterocycles. The van der Waals surface area contributed by atoms with Crippen LogP contribution in [0, 0.1) is 0 Å². The summed E-state index contributed by atoms with van der Waals surface area (Å²) in [7, 11) is 0. The molecule has 0 aliphatic carbocycles. The van der Waals surface area contributed by atoms with Gasteiger partial charge in [0.25, 0.3) is 0 Å². The number of hydrogen-bond acceptors (Lipinski definition) is 3. The number of rotatable bonds is 2. The van der Waals surface area contributed by atoms with Crippen LogP contribution in [0.3, 0.4) is 0 Å². The van der Waals surface area contributed by atoms with E-state index < -0.39 is 2.57 Å². The summed E-state index contributed by atoms with van der Waals surface area (Å²) in [4.78, 5) is 18.7. The summed E-state index contributed by atoms with van der Waals surface area (Å²) in [5, 5.41) is 0.